The van der Waals surface area contributed by atoms with Gasteiger partial charge in [0.15, 0.2) is 0 Å². The lowest BCUT2D eigenvalue weighted by Gasteiger charge is -2.08. The summed E-state index contributed by atoms with van der Waals surface area (Å²) >= 11 is 0. The molecule has 1 amide bonds. The van der Waals surface area contributed by atoms with Crippen molar-refractivity contribution < 1.29 is 17.6 Å². The molecule has 2 N–H and O–H groups in total. The maximum Gasteiger partial charge on any atom is 0.255 e. The standard InChI is InChI=1S/C14H13FN2O3S/c1-21(19,20)17-11-6-4-5-10(9-11)14(18)16-13-8-3-2-7-12(13)15/h2-9,17H,1H3,(H,16,18). The van der Waals surface area contributed by atoms with E-state index < -0.39 is 21.7 Å². The Kier molecular flexibility index (Phi) is 4.23. The summed E-state index contributed by atoms with van der Waals surface area (Å²) in [5.74, 6) is -1.08. The zero-order valence-electron chi connectivity index (χ0n) is 11.1. The number of hydrogen-bond acceptors (Lipinski definition) is 3. The van der Waals surface area contributed by atoms with Crippen LogP contribution >= 0.6 is 0 Å². The number of anilines is 2. The van der Waals surface area contributed by atoms with Gasteiger partial charge in [-0.15, -0.1) is 0 Å². The minimum Gasteiger partial charge on any atom is -0.319 e. The molecule has 0 radical (unpaired) electrons. The third-order valence-corrected chi connectivity index (χ3v) is 3.16. The first kappa shape index (κ1) is 15.0. The van der Waals surface area contributed by atoms with Gasteiger partial charge in [-0.2, -0.15) is 0 Å². The third-order valence-electron chi connectivity index (χ3n) is 2.55. The van der Waals surface area contributed by atoms with Gasteiger partial charge in [0.05, 0.1) is 11.9 Å². The second kappa shape index (κ2) is 5.92. The van der Waals surface area contributed by atoms with Gasteiger partial charge in [-0.05, 0) is 30.3 Å². The number of sulfonamides is 1. The van der Waals surface area contributed by atoms with Crippen molar-refractivity contribution in [2.75, 3.05) is 16.3 Å². The molecule has 2 rings (SSSR count). The molecule has 0 spiro atoms. The van der Waals surface area contributed by atoms with E-state index in [1.54, 1.807) is 6.07 Å². The molecule has 0 aromatic heterocycles. The van der Waals surface area contributed by atoms with Crippen LogP contribution in [-0.4, -0.2) is 20.6 Å². The number of amides is 1. The van der Waals surface area contributed by atoms with Crippen LogP contribution in [0, 0.1) is 5.82 Å². The second-order valence-corrected chi connectivity index (χ2v) is 6.14. The van der Waals surface area contributed by atoms with Crippen molar-refractivity contribution in [3.8, 4) is 0 Å². The Hall–Kier alpha value is -2.41. The van der Waals surface area contributed by atoms with E-state index in [1.807, 2.05) is 0 Å². The molecule has 0 saturated carbocycles. The molecule has 0 atom stereocenters. The normalized spacial score (nSPS) is 11.0. The van der Waals surface area contributed by atoms with E-state index in [9.17, 15) is 17.6 Å². The van der Waals surface area contributed by atoms with E-state index in [4.69, 9.17) is 0 Å². The Morgan fingerprint density at radius 1 is 1.10 bits per heavy atom. The van der Waals surface area contributed by atoms with Gasteiger partial charge in [-0.25, -0.2) is 12.8 Å². The summed E-state index contributed by atoms with van der Waals surface area (Å²) in [5.41, 5.74) is 0.537. The number of rotatable bonds is 4. The van der Waals surface area contributed by atoms with E-state index >= 15 is 0 Å². The number of para-hydroxylation sites is 1. The molecule has 0 fully saturated rings. The van der Waals surface area contributed by atoms with E-state index in [1.165, 1.54) is 42.5 Å². The summed E-state index contributed by atoms with van der Waals surface area (Å²) in [6, 6.07) is 11.7. The highest BCUT2D eigenvalue weighted by atomic mass is 32.2. The first-order chi connectivity index (χ1) is 9.85. The van der Waals surface area contributed by atoms with Gasteiger partial charge in [0, 0.05) is 11.3 Å². The predicted octanol–water partition coefficient (Wildman–Crippen LogP) is 2.45. The lowest BCUT2D eigenvalue weighted by molar-refractivity contribution is 0.102. The fraction of sp³-hybridized carbons (Fsp3) is 0.0714. The van der Waals surface area contributed by atoms with Crippen molar-refractivity contribution in [3.63, 3.8) is 0 Å². The fourth-order valence-corrected chi connectivity index (χ4v) is 2.25. The molecule has 2 aromatic rings. The van der Waals surface area contributed by atoms with Gasteiger partial charge in [0.1, 0.15) is 5.82 Å². The van der Waals surface area contributed by atoms with Crippen molar-refractivity contribution in [3.05, 3.63) is 59.9 Å². The van der Waals surface area contributed by atoms with Crippen LogP contribution in [0.3, 0.4) is 0 Å². The molecule has 0 saturated heterocycles. The van der Waals surface area contributed by atoms with Crippen molar-refractivity contribution in [2.45, 2.75) is 0 Å². The van der Waals surface area contributed by atoms with Crippen LogP contribution in [0.25, 0.3) is 0 Å². The van der Waals surface area contributed by atoms with E-state index in [-0.39, 0.29) is 16.9 Å². The summed E-state index contributed by atoms with van der Waals surface area (Å²) < 4.78 is 38.0. The first-order valence-electron chi connectivity index (χ1n) is 5.99. The molecule has 0 aliphatic heterocycles. The number of halogens is 1. The van der Waals surface area contributed by atoms with E-state index in [0.717, 1.165) is 6.26 Å². The quantitative estimate of drug-likeness (QED) is 0.911. The summed E-state index contributed by atoms with van der Waals surface area (Å²) in [6.45, 7) is 0. The van der Waals surface area contributed by atoms with Crippen molar-refractivity contribution in [1.29, 1.82) is 0 Å². The zero-order valence-corrected chi connectivity index (χ0v) is 11.9. The smallest absolute Gasteiger partial charge is 0.255 e. The lowest BCUT2D eigenvalue weighted by Crippen LogP contribution is -2.14. The van der Waals surface area contributed by atoms with Gasteiger partial charge >= 0.3 is 0 Å². The summed E-state index contributed by atoms with van der Waals surface area (Å²) in [7, 11) is -3.43. The molecule has 0 bridgehead atoms. The van der Waals surface area contributed by atoms with Crippen LogP contribution in [0.2, 0.25) is 0 Å². The molecule has 0 aliphatic carbocycles. The highest BCUT2D eigenvalue weighted by Crippen LogP contribution is 2.16. The van der Waals surface area contributed by atoms with Crippen molar-refractivity contribution in [1.82, 2.24) is 0 Å². The molecule has 0 heterocycles. The molecule has 7 heteroatoms. The van der Waals surface area contributed by atoms with E-state index in [2.05, 4.69) is 10.0 Å². The molecule has 0 unspecified atom stereocenters. The maximum atomic E-state index is 13.5. The molecular weight excluding hydrogens is 295 g/mol. The third kappa shape index (κ3) is 4.28. The largest absolute Gasteiger partial charge is 0.319 e. The van der Waals surface area contributed by atoms with Crippen LogP contribution in [-0.2, 0) is 10.0 Å². The summed E-state index contributed by atoms with van der Waals surface area (Å²) in [6.07, 6.45) is 1.01. The number of hydrogen-bond donors (Lipinski definition) is 2. The van der Waals surface area contributed by atoms with E-state index in [0.29, 0.717) is 0 Å². The first-order valence-corrected chi connectivity index (χ1v) is 7.88. The Labute approximate surface area is 121 Å². The van der Waals surface area contributed by atoms with Gasteiger partial charge in [-0.1, -0.05) is 18.2 Å². The molecule has 5 nitrogen and oxygen atoms in total. The Bertz CT molecular complexity index is 775. The van der Waals surface area contributed by atoms with Gasteiger partial charge < -0.3 is 5.32 Å². The van der Waals surface area contributed by atoms with Crippen LogP contribution in [0.15, 0.2) is 48.5 Å². The van der Waals surface area contributed by atoms with Gasteiger partial charge in [0.2, 0.25) is 10.0 Å². The molecule has 0 aliphatic rings. The molecule has 110 valence electrons. The summed E-state index contributed by atoms with van der Waals surface area (Å²) in [5, 5.41) is 2.43. The minimum absolute atomic E-state index is 0.0592. The number of nitrogens with one attached hydrogen (secondary N) is 2. The Morgan fingerprint density at radius 2 is 1.81 bits per heavy atom. The second-order valence-electron chi connectivity index (χ2n) is 4.39. The van der Waals surface area contributed by atoms with Crippen LogP contribution in [0.4, 0.5) is 15.8 Å². The minimum atomic E-state index is -3.43. The Balaban J connectivity index is 2.20. The van der Waals surface area contributed by atoms with Gasteiger partial charge in [-0.3, -0.25) is 9.52 Å². The van der Waals surface area contributed by atoms with Crippen LogP contribution in [0.5, 0.6) is 0 Å². The average molecular weight is 308 g/mol. The molecular formula is C14H13FN2O3S. The van der Waals surface area contributed by atoms with Gasteiger partial charge in [0.25, 0.3) is 5.91 Å². The highest BCUT2D eigenvalue weighted by molar-refractivity contribution is 7.92. The number of carbonyl (C=O) groups is 1. The molecule has 21 heavy (non-hydrogen) atoms. The topological polar surface area (TPSA) is 75.3 Å². The fourth-order valence-electron chi connectivity index (χ4n) is 1.70. The van der Waals surface area contributed by atoms with Crippen LogP contribution < -0.4 is 10.0 Å². The Morgan fingerprint density at radius 3 is 2.48 bits per heavy atom. The molecule has 2 aromatic carbocycles. The maximum absolute atomic E-state index is 13.5. The monoisotopic (exact) mass is 308 g/mol. The number of carbonyl (C=O) groups excluding carboxylic acids is 1. The summed E-state index contributed by atoms with van der Waals surface area (Å²) in [4.78, 5) is 12.0. The van der Waals surface area contributed by atoms with Crippen molar-refractivity contribution in [2.24, 2.45) is 0 Å². The zero-order chi connectivity index (χ0) is 15.5. The van der Waals surface area contributed by atoms with Crippen molar-refractivity contribution >= 4 is 27.3 Å². The van der Waals surface area contributed by atoms with Crippen LogP contribution in [0.1, 0.15) is 10.4 Å². The predicted molar refractivity (Wildman–Crippen MR) is 79.3 cm³/mol. The lowest BCUT2D eigenvalue weighted by atomic mass is 10.2. The SMILES string of the molecule is CS(=O)(=O)Nc1cccc(C(=O)Nc2ccccc2F)c1. The highest BCUT2D eigenvalue weighted by Gasteiger charge is 2.10. The number of benzene rings is 2. The average Bonchev–Trinajstić information content (AvgIpc) is 2.39.